The van der Waals surface area contributed by atoms with E-state index in [1.807, 2.05) is 19.1 Å². The lowest BCUT2D eigenvalue weighted by molar-refractivity contribution is -0.114. The molecule has 2 aromatic rings. The summed E-state index contributed by atoms with van der Waals surface area (Å²) in [5.41, 5.74) is 2.56. The van der Waals surface area contributed by atoms with Gasteiger partial charge in [-0.25, -0.2) is 4.98 Å². The molecular weight excluding hydrogens is 316 g/mol. The maximum Gasteiger partial charge on any atom is 0.255 e. The van der Waals surface area contributed by atoms with Gasteiger partial charge in [0, 0.05) is 31.3 Å². The van der Waals surface area contributed by atoms with Crippen molar-refractivity contribution in [3.05, 3.63) is 47.7 Å². The molecule has 1 aliphatic heterocycles. The van der Waals surface area contributed by atoms with E-state index in [-0.39, 0.29) is 11.8 Å². The van der Waals surface area contributed by atoms with Crippen molar-refractivity contribution in [2.45, 2.75) is 26.7 Å². The van der Waals surface area contributed by atoms with E-state index < -0.39 is 0 Å². The third-order valence-electron chi connectivity index (χ3n) is 4.19. The molecule has 1 aromatic heterocycles. The minimum Gasteiger partial charge on any atom is -0.357 e. The fourth-order valence-corrected chi connectivity index (χ4v) is 2.94. The summed E-state index contributed by atoms with van der Waals surface area (Å²) in [6, 6.07) is 10.7. The van der Waals surface area contributed by atoms with Crippen LogP contribution >= 0.6 is 0 Å². The summed E-state index contributed by atoms with van der Waals surface area (Å²) in [7, 11) is 0. The van der Waals surface area contributed by atoms with Gasteiger partial charge in [-0.3, -0.25) is 9.59 Å². The highest BCUT2D eigenvalue weighted by molar-refractivity contribution is 6.05. The first kappa shape index (κ1) is 17.0. The summed E-state index contributed by atoms with van der Waals surface area (Å²) < 4.78 is 0. The SMILES string of the molecule is CC(=O)Nc1cccc(C(=O)Nc2ccc(N3CCCC3)nc2C)c1. The molecule has 2 heterocycles. The number of nitrogens with one attached hydrogen (secondary N) is 2. The molecular formula is C19H22N4O2. The molecule has 0 bridgehead atoms. The molecule has 0 unspecified atom stereocenters. The number of benzene rings is 1. The molecule has 6 nitrogen and oxygen atoms in total. The lowest BCUT2D eigenvalue weighted by Gasteiger charge is -2.18. The highest BCUT2D eigenvalue weighted by Gasteiger charge is 2.15. The molecule has 0 radical (unpaired) electrons. The predicted octanol–water partition coefficient (Wildman–Crippen LogP) is 3.20. The fourth-order valence-electron chi connectivity index (χ4n) is 2.94. The van der Waals surface area contributed by atoms with Gasteiger partial charge in [-0.05, 0) is 50.1 Å². The fraction of sp³-hybridized carbons (Fsp3) is 0.316. The van der Waals surface area contributed by atoms with Crippen LogP contribution in [0, 0.1) is 6.92 Å². The number of carbonyl (C=O) groups excluding carboxylic acids is 2. The second-order valence-corrected chi connectivity index (χ2v) is 6.21. The zero-order chi connectivity index (χ0) is 17.8. The maximum absolute atomic E-state index is 12.5. The normalized spacial score (nSPS) is 13.6. The summed E-state index contributed by atoms with van der Waals surface area (Å²) in [5.74, 6) is 0.557. The molecule has 25 heavy (non-hydrogen) atoms. The predicted molar refractivity (Wildman–Crippen MR) is 99.1 cm³/mol. The molecule has 0 saturated carbocycles. The first-order valence-electron chi connectivity index (χ1n) is 8.44. The van der Waals surface area contributed by atoms with Crippen molar-refractivity contribution in [1.29, 1.82) is 0 Å². The van der Waals surface area contributed by atoms with Gasteiger partial charge in [0.2, 0.25) is 5.91 Å². The van der Waals surface area contributed by atoms with Crippen LogP contribution in [0.3, 0.4) is 0 Å². The zero-order valence-corrected chi connectivity index (χ0v) is 14.5. The number of hydrogen-bond acceptors (Lipinski definition) is 4. The summed E-state index contributed by atoms with van der Waals surface area (Å²) in [4.78, 5) is 30.5. The first-order valence-corrected chi connectivity index (χ1v) is 8.44. The Labute approximate surface area is 147 Å². The number of hydrogen-bond donors (Lipinski definition) is 2. The zero-order valence-electron chi connectivity index (χ0n) is 14.5. The van der Waals surface area contributed by atoms with Crippen LogP contribution in [0.25, 0.3) is 0 Å². The van der Waals surface area contributed by atoms with Crippen LogP contribution in [-0.4, -0.2) is 29.9 Å². The van der Waals surface area contributed by atoms with Crippen LogP contribution in [0.4, 0.5) is 17.2 Å². The highest BCUT2D eigenvalue weighted by atomic mass is 16.2. The van der Waals surface area contributed by atoms with Crippen LogP contribution in [0.2, 0.25) is 0 Å². The van der Waals surface area contributed by atoms with E-state index in [1.165, 1.54) is 19.8 Å². The smallest absolute Gasteiger partial charge is 0.255 e. The van der Waals surface area contributed by atoms with Crippen molar-refractivity contribution in [3.63, 3.8) is 0 Å². The Bertz CT molecular complexity index is 798. The lowest BCUT2D eigenvalue weighted by Crippen LogP contribution is -2.20. The molecule has 1 fully saturated rings. The summed E-state index contributed by atoms with van der Waals surface area (Å²) in [5, 5.41) is 5.57. The largest absolute Gasteiger partial charge is 0.357 e. The van der Waals surface area contributed by atoms with Crippen molar-refractivity contribution < 1.29 is 9.59 Å². The highest BCUT2D eigenvalue weighted by Crippen LogP contribution is 2.22. The molecule has 0 aliphatic carbocycles. The molecule has 2 amide bonds. The molecule has 1 aliphatic rings. The molecule has 0 spiro atoms. The van der Waals surface area contributed by atoms with Crippen molar-refractivity contribution >= 4 is 29.0 Å². The topological polar surface area (TPSA) is 74.3 Å². The quantitative estimate of drug-likeness (QED) is 0.898. The van der Waals surface area contributed by atoms with E-state index in [1.54, 1.807) is 24.3 Å². The van der Waals surface area contributed by atoms with Gasteiger partial charge in [-0.1, -0.05) is 6.07 Å². The summed E-state index contributed by atoms with van der Waals surface area (Å²) in [6.07, 6.45) is 2.40. The third kappa shape index (κ3) is 4.15. The average Bonchev–Trinajstić information content (AvgIpc) is 3.11. The third-order valence-corrected chi connectivity index (χ3v) is 4.19. The summed E-state index contributed by atoms with van der Waals surface area (Å²) >= 11 is 0. The first-order chi connectivity index (χ1) is 12.0. The van der Waals surface area contributed by atoms with E-state index in [0.29, 0.717) is 16.9 Å². The van der Waals surface area contributed by atoms with Crippen LogP contribution in [0.5, 0.6) is 0 Å². The monoisotopic (exact) mass is 338 g/mol. The van der Waals surface area contributed by atoms with Gasteiger partial charge in [-0.2, -0.15) is 0 Å². The van der Waals surface area contributed by atoms with Crippen LogP contribution < -0.4 is 15.5 Å². The van der Waals surface area contributed by atoms with Crippen LogP contribution in [0.15, 0.2) is 36.4 Å². The molecule has 130 valence electrons. The Balaban J connectivity index is 1.73. The molecule has 3 rings (SSSR count). The second-order valence-electron chi connectivity index (χ2n) is 6.21. The number of rotatable bonds is 4. The van der Waals surface area contributed by atoms with Crippen LogP contribution in [0.1, 0.15) is 35.8 Å². The number of aryl methyl sites for hydroxylation is 1. The Morgan fingerprint density at radius 1 is 1.08 bits per heavy atom. The van der Waals surface area contributed by atoms with E-state index in [9.17, 15) is 9.59 Å². The van der Waals surface area contributed by atoms with Gasteiger partial charge in [0.1, 0.15) is 5.82 Å². The number of pyridine rings is 1. The van der Waals surface area contributed by atoms with Gasteiger partial charge < -0.3 is 15.5 Å². The standard InChI is InChI=1S/C19H22N4O2/c1-13-17(8-9-18(20-13)23-10-3-4-11-23)22-19(25)15-6-5-7-16(12-15)21-14(2)24/h5-9,12H,3-4,10-11H2,1-2H3,(H,21,24)(H,22,25). The van der Waals surface area contributed by atoms with E-state index in [4.69, 9.17) is 0 Å². The van der Waals surface area contributed by atoms with Crippen molar-refractivity contribution in [1.82, 2.24) is 4.98 Å². The minimum absolute atomic E-state index is 0.171. The van der Waals surface area contributed by atoms with E-state index >= 15 is 0 Å². The van der Waals surface area contributed by atoms with E-state index in [0.717, 1.165) is 24.6 Å². The molecule has 6 heteroatoms. The van der Waals surface area contributed by atoms with Gasteiger partial charge in [-0.15, -0.1) is 0 Å². The Morgan fingerprint density at radius 3 is 2.52 bits per heavy atom. The van der Waals surface area contributed by atoms with Gasteiger partial charge >= 0.3 is 0 Å². The Kier molecular flexibility index (Phi) is 4.97. The minimum atomic E-state index is -0.231. The van der Waals surface area contributed by atoms with Crippen molar-refractivity contribution in [2.24, 2.45) is 0 Å². The van der Waals surface area contributed by atoms with E-state index in [2.05, 4.69) is 20.5 Å². The lowest BCUT2D eigenvalue weighted by atomic mass is 10.1. The Hall–Kier alpha value is -2.89. The molecule has 1 saturated heterocycles. The number of nitrogens with zero attached hydrogens (tertiary/aromatic N) is 2. The number of anilines is 3. The Morgan fingerprint density at radius 2 is 1.84 bits per heavy atom. The number of amides is 2. The van der Waals surface area contributed by atoms with Crippen LogP contribution in [-0.2, 0) is 4.79 Å². The van der Waals surface area contributed by atoms with Gasteiger partial charge in [0.05, 0.1) is 11.4 Å². The summed E-state index contributed by atoms with van der Waals surface area (Å²) in [6.45, 7) is 5.40. The van der Waals surface area contributed by atoms with Gasteiger partial charge in [0.15, 0.2) is 0 Å². The van der Waals surface area contributed by atoms with Gasteiger partial charge in [0.25, 0.3) is 5.91 Å². The molecule has 2 N–H and O–H groups in total. The second kappa shape index (κ2) is 7.34. The van der Waals surface area contributed by atoms with Crippen molar-refractivity contribution in [2.75, 3.05) is 28.6 Å². The molecule has 1 aromatic carbocycles. The average molecular weight is 338 g/mol. The molecule has 0 atom stereocenters. The number of aromatic nitrogens is 1. The maximum atomic E-state index is 12.5. The van der Waals surface area contributed by atoms with Crippen molar-refractivity contribution in [3.8, 4) is 0 Å². The number of carbonyl (C=O) groups is 2.